The summed E-state index contributed by atoms with van der Waals surface area (Å²) >= 11 is 0.770. The third-order valence-electron chi connectivity index (χ3n) is 7.23. The van der Waals surface area contributed by atoms with Crippen molar-refractivity contribution in [3.05, 3.63) is 40.0 Å². The van der Waals surface area contributed by atoms with Crippen molar-refractivity contribution >= 4 is 29.6 Å². The average molecular weight is 594 g/mol. The molecule has 0 bridgehead atoms. The summed E-state index contributed by atoms with van der Waals surface area (Å²) < 4.78 is 85.3. The van der Waals surface area contributed by atoms with Crippen molar-refractivity contribution in [2.45, 2.75) is 75.7 Å². The van der Waals surface area contributed by atoms with Gasteiger partial charge in [0.15, 0.2) is 5.01 Å². The molecule has 1 aliphatic heterocycles. The molecule has 2 N–H and O–H groups in total. The van der Waals surface area contributed by atoms with E-state index in [0.717, 1.165) is 30.2 Å². The maximum absolute atomic E-state index is 13.4. The summed E-state index contributed by atoms with van der Waals surface area (Å²) in [5.74, 6) is -1.16. The molecule has 1 aromatic carbocycles. The highest BCUT2D eigenvalue weighted by Gasteiger charge is 2.71. The Balaban J connectivity index is 1.73. The van der Waals surface area contributed by atoms with Crippen LogP contribution < -0.4 is 5.32 Å². The fourth-order valence-corrected chi connectivity index (χ4v) is 5.92. The van der Waals surface area contributed by atoms with Gasteiger partial charge in [0.1, 0.15) is 11.8 Å². The van der Waals surface area contributed by atoms with Crippen LogP contribution in [0.1, 0.15) is 64.0 Å². The smallest absolute Gasteiger partial charge is 0.430 e. The number of likely N-dealkylation sites (tertiary alicyclic amines) is 1. The fourth-order valence-electron chi connectivity index (χ4n) is 4.87. The van der Waals surface area contributed by atoms with E-state index in [1.165, 1.54) is 6.92 Å². The molecule has 1 saturated heterocycles. The zero-order valence-corrected chi connectivity index (χ0v) is 22.0. The Morgan fingerprint density at radius 2 is 1.82 bits per heavy atom. The van der Waals surface area contributed by atoms with E-state index >= 15 is 0 Å². The van der Waals surface area contributed by atoms with Gasteiger partial charge in [0, 0.05) is 37.0 Å². The van der Waals surface area contributed by atoms with Crippen molar-refractivity contribution in [3.63, 3.8) is 0 Å². The number of aliphatic hydroxyl groups is 1. The van der Waals surface area contributed by atoms with E-state index in [2.05, 4.69) is 10.3 Å². The minimum atomic E-state index is -6.06. The maximum atomic E-state index is 13.4. The Morgan fingerprint density at radius 1 is 1.18 bits per heavy atom. The number of hydrogen-bond acceptors (Lipinski definition) is 7. The van der Waals surface area contributed by atoms with E-state index in [1.54, 1.807) is 4.90 Å². The van der Waals surface area contributed by atoms with E-state index in [9.17, 15) is 45.8 Å². The van der Waals surface area contributed by atoms with Gasteiger partial charge in [-0.3, -0.25) is 14.4 Å². The molecule has 40 heavy (non-hydrogen) atoms. The molecular weight excluding hydrogens is 568 g/mol. The minimum Gasteiger partial charge on any atom is -0.464 e. The Bertz CT molecular complexity index is 1290. The molecule has 2 heterocycles. The van der Waals surface area contributed by atoms with Crippen molar-refractivity contribution in [1.82, 2.24) is 15.2 Å². The number of halogens is 6. The minimum absolute atomic E-state index is 0.0882. The lowest BCUT2D eigenvalue weighted by molar-refractivity contribution is -0.376. The molecule has 1 aliphatic carbocycles. The number of rotatable bonds is 7. The summed E-state index contributed by atoms with van der Waals surface area (Å²) in [6.07, 6.45) is -10.2. The summed E-state index contributed by atoms with van der Waals surface area (Å²) in [6.45, 7) is 3.79. The summed E-state index contributed by atoms with van der Waals surface area (Å²) in [5.41, 5.74) is -6.71. The van der Waals surface area contributed by atoms with Crippen molar-refractivity contribution in [3.8, 4) is 10.4 Å². The van der Waals surface area contributed by atoms with E-state index in [1.807, 2.05) is 6.92 Å². The molecule has 218 valence electrons. The van der Waals surface area contributed by atoms with Crippen LogP contribution in [0.25, 0.3) is 10.4 Å². The Labute approximate surface area is 228 Å². The second-order valence-electron chi connectivity index (χ2n) is 9.92. The Hall–Kier alpha value is -3.20. The molecule has 15 heteroatoms. The SMILES string of the molecule is Cc1cc(C(O)(C(F)(F)F)C(F)(F)F)ccc1-c1sc(C(=O)N[C@H]2C[C@H](OC=O)C2)nc1C(=O)N1CCC[C@@H]1C. The second kappa shape index (κ2) is 10.7. The molecule has 1 saturated carbocycles. The third kappa shape index (κ3) is 5.28. The van der Waals surface area contributed by atoms with Crippen molar-refractivity contribution in [1.29, 1.82) is 0 Å². The zero-order chi connectivity index (χ0) is 29.6. The topological polar surface area (TPSA) is 109 Å². The van der Waals surface area contributed by atoms with Crippen molar-refractivity contribution in [2.75, 3.05) is 6.54 Å². The number of aromatic nitrogens is 1. The van der Waals surface area contributed by atoms with Gasteiger partial charge < -0.3 is 20.1 Å². The monoisotopic (exact) mass is 593 g/mol. The molecule has 0 radical (unpaired) electrons. The molecule has 0 spiro atoms. The van der Waals surface area contributed by atoms with Crippen LogP contribution in [0.15, 0.2) is 18.2 Å². The fraction of sp³-hybridized carbons (Fsp3) is 0.520. The number of benzene rings is 1. The van der Waals surface area contributed by atoms with Gasteiger partial charge in [-0.15, -0.1) is 11.3 Å². The first-order chi connectivity index (χ1) is 18.6. The molecule has 2 fully saturated rings. The molecule has 1 aromatic heterocycles. The van der Waals surface area contributed by atoms with Gasteiger partial charge >= 0.3 is 12.4 Å². The van der Waals surface area contributed by atoms with Gasteiger partial charge in [0.2, 0.25) is 0 Å². The Kier molecular flexibility index (Phi) is 7.93. The molecule has 4 rings (SSSR count). The predicted molar refractivity (Wildman–Crippen MR) is 129 cm³/mol. The summed E-state index contributed by atoms with van der Waals surface area (Å²) in [5, 5.41) is 12.4. The van der Waals surface area contributed by atoms with Gasteiger partial charge in [-0.05, 0) is 37.8 Å². The Morgan fingerprint density at radius 3 is 2.35 bits per heavy atom. The van der Waals surface area contributed by atoms with Gasteiger partial charge in [-0.25, -0.2) is 4.98 Å². The number of carbonyl (C=O) groups excluding carboxylic acids is 3. The first-order valence-electron chi connectivity index (χ1n) is 12.3. The van der Waals surface area contributed by atoms with Gasteiger partial charge in [-0.1, -0.05) is 18.2 Å². The quantitative estimate of drug-likeness (QED) is 0.362. The van der Waals surface area contributed by atoms with Crippen LogP contribution in [0.4, 0.5) is 26.3 Å². The van der Waals surface area contributed by atoms with Crippen molar-refractivity contribution < 1.29 is 50.6 Å². The highest BCUT2D eigenvalue weighted by Crippen LogP contribution is 2.50. The van der Waals surface area contributed by atoms with E-state index in [-0.39, 0.29) is 44.9 Å². The second-order valence-corrected chi connectivity index (χ2v) is 10.9. The number of ether oxygens (including phenoxy) is 1. The number of alkyl halides is 6. The van der Waals surface area contributed by atoms with Crippen LogP contribution in [-0.4, -0.2) is 70.4 Å². The van der Waals surface area contributed by atoms with E-state index < -0.39 is 35.3 Å². The van der Waals surface area contributed by atoms with E-state index in [4.69, 9.17) is 4.74 Å². The largest absolute Gasteiger partial charge is 0.464 e. The van der Waals surface area contributed by atoms with Crippen LogP contribution in [0.3, 0.4) is 0 Å². The standard InChI is InChI=1S/C25H25F6N3O5S/c1-12-8-14(23(38,24(26,27)28)25(29,30)31)5-6-17(12)19-18(22(37)34-7-3-4-13(34)2)33-21(40-19)20(36)32-15-9-16(10-15)39-11-35/h5-6,8,11,13,15-16,38H,3-4,7,9-10H2,1-2H3,(H,32,36)/t13-,15-,16-/m0/s1. The third-order valence-corrected chi connectivity index (χ3v) is 8.31. The highest BCUT2D eigenvalue weighted by molar-refractivity contribution is 7.17. The molecule has 8 nitrogen and oxygen atoms in total. The molecule has 2 aromatic rings. The normalized spacial score (nSPS) is 21.6. The highest BCUT2D eigenvalue weighted by atomic mass is 32.1. The first kappa shape index (κ1) is 29.8. The number of amides is 2. The summed E-state index contributed by atoms with van der Waals surface area (Å²) in [4.78, 5) is 42.7. The number of thiazole rings is 1. The average Bonchev–Trinajstić information content (AvgIpc) is 3.47. The van der Waals surface area contributed by atoms with Crippen LogP contribution >= 0.6 is 11.3 Å². The molecule has 0 unspecified atom stereocenters. The van der Waals surface area contributed by atoms with Crippen LogP contribution in [0.2, 0.25) is 0 Å². The lowest BCUT2D eigenvalue weighted by Gasteiger charge is -2.33. The van der Waals surface area contributed by atoms with Gasteiger partial charge in [0.05, 0.1) is 4.88 Å². The van der Waals surface area contributed by atoms with Gasteiger partial charge in [-0.2, -0.15) is 26.3 Å². The first-order valence-corrected chi connectivity index (χ1v) is 13.1. The molecule has 1 atom stereocenters. The summed E-state index contributed by atoms with van der Waals surface area (Å²) in [7, 11) is 0. The molecule has 2 aliphatic rings. The van der Waals surface area contributed by atoms with Crippen molar-refractivity contribution in [2.24, 2.45) is 0 Å². The predicted octanol–water partition coefficient (Wildman–Crippen LogP) is 4.49. The lowest BCUT2D eigenvalue weighted by Crippen LogP contribution is -2.53. The molecule has 2 amide bonds. The van der Waals surface area contributed by atoms with Crippen LogP contribution in [-0.2, 0) is 15.1 Å². The number of aryl methyl sites for hydroxylation is 1. The molecular formula is C25H25F6N3O5S. The van der Waals surface area contributed by atoms with Crippen LogP contribution in [0, 0.1) is 6.92 Å². The number of nitrogens with zero attached hydrogens (tertiary/aromatic N) is 2. The van der Waals surface area contributed by atoms with Gasteiger partial charge in [0.25, 0.3) is 23.9 Å². The number of hydrogen-bond donors (Lipinski definition) is 2. The number of nitrogens with one attached hydrogen (secondary N) is 1. The van der Waals surface area contributed by atoms with E-state index in [0.29, 0.717) is 38.0 Å². The maximum Gasteiger partial charge on any atom is 0.430 e. The van der Waals surface area contributed by atoms with Crippen LogP contribution in [0.5, 0.6) is 0 Å². The zero-order valence-electron chi connectivity index (χ0n) is 21.2. The summed E-state index contributed by atoms with van der Waals surface area (Å²) in [6, 6.07) is 1.55. The number of carbonyl (C=O) groups is 3. The lowest BCUT2D eigenvalue weighted by atomic mass is 9.89.